The average Bonchev–Trinajstić information content (AvgIpc) is 3.06. The SMILES string of the molecule is COc1cc(C[C@H]2CO[C@H](C3=CC=C(O)C(C=O)C3)[C@H]2CO)ccc1O. The number of aliphatic hydroxyl groups is 2. The maximum absolute atomic E-state index is 11.1. The second-order valence-electron chi connectivity index (χ2n) is 6.85. The molecule has 6 nitrogen and oxygen atoms in total. The molecule has 0 bridgehead atoms. The van der Waals surface area contributed by atoms with E-state index in [1.807, 2.05) is 6.07 Å². The summed E-state index contributed by atoms with van der Waals surface area (Å²) in [5.41, 5.74) is 1.91. The average molecular weight is 360 g/mol. The molecule has 1 saturated heterocycles. The summed E-state index contributed by atoms with van der Waals surface area (Å²) in [7, 11) is 1.51. The molecule has 4 atom stereocenters. The summed E-state index contributed by atoms with van der Waals surface area (Å²) in [6.07, 6.45) is 4.89. The molecule has 1 unspecified atom stereocenters. The number of aromatic hydroxyl groups is 1. The van der Waals surface area contributed by atoms with E-state index in [1.54, 1.807) is 18.2 Å². The van der Waals surface area contributed by atoms with E-state index in [2.05, 4.69) is 0 Å². The Morgan fingerprint density at radius 1 is 1.31 bits per heavy atom. The fourth-order valence-electron chi connectivity index (χ4n) is 3.78. The Balaban J connectivity index is 1.75. The third-order valence-corrected chi connectivity index (χ3v) is 5.27. The van der Waals surface area contributed by atoms with Crippen molar-refractivity contribution < 1.29 is 29.6 Å². The minimum Gasteiger partial charge on any atom is -0.512 e. The van der Waals surface area contributed by atoms with E-state index < -0.39 is 5.92 Å². The minimum absolute atomic E-state index is 0.0245. The molecule has 0 amide bonds. The number of phenolic OH excluding ortho intramolecular Hbond substituents is 1. The molecule has 1 aromatic carbocycles. The van der Waals surface area contributed by atoms with Gasteiger partial charge in [-0.2, -0.15) is 0 Å². The molecule has 1 aliphatic carbocycles. The topological polar surface area (TPSA) is 96.2 Å². The highest BCUT2D eigenvalue weighted by Crippen LogP contribution is 2.38. The van der Waals surface area contributed by atoms with Crippen molar-refractivity contribution in [3.05, 3.63) is 47.2 Å². The van der Waals surface area contributed by atoms with Gasteiger partial charge in [0.25, 0.3) is 0 Å². The summed E-state index contributed by atoms with van der Waals surface area (Å²) in [5.74, 6) is 0.0435. The van der Waals surface area contributed by atoms with Crippen LogP contribution in [-0.4, -0.2) is 48.0 Å². The van der Waals surface area contributed by atoms with Gasteiger partial charge in [0.15, 0.2) is 11.5 Å². The Labute approximate surface area is 152 Å². The van der Waals surface area contributed by atoms with Crippen molar-refractivity contribution in [3.8, 4) is 11.5 Å². The Morgan fingerprint density at radius 3 is 2.81 bits per heavy atom. The number of methoxy groups -OCH3 is 1. The minimum atomic E-state index is -0.543. The molecule has 140 valence electrons. The van der Waals surface area contributed by atoms with Crippen molar-refractivity contribution in [1.29, 1.82) is 0 Å². The number of hydrogen-bond donors (Lipinski definition) is 3. The Bertz CT molecular complexity index is 723. The first-order valence-corrected chi connectivity index (χ1v) is 8.70. The van der Waals surface area contributed by atoms with Gasteiger partial charge in [-0.3, -0.25) is 0 Å². The van der Waals surface area contributed by atoms with Crippen LogP contribution in [0.4, 0.5) is 0 Å². The van der Waals surface area contributed by atoms with Gasteiger partial charge in [-0.05, 0) is 48.1 Å². The van der Waals surface area contributed by atoms with Crippen LogP contribution in [0, 0.1) is 17.8 Å². The zero-order chi connectivity index (χ0) is 18.7. The molecule has 2 aliphatic rings. The van der Waals surface area contributed by atoms with Crippen molar-refractivity contribution in [3.63, 3.8) is 0 Å². The van der Waals surface area contributed by atoms with E-state index in [-0.39, 0.29) is 36.1 Å². The first-order chi connectivity index (χ1) is 12.6. The zero-order valence-corrected chi connectivity index (χ0v) is 14.7. The number of carbonyl (C=O) groups is 1. The van der Waals surface area contributed by atoms with Gasteiger partial charge in [0.1, 0.15) is 12.0 Å². The lowest BCUT2D eigenvalue weighted by atomic mass is 9.80. The predicted octanol–water partition coefficient (Wildman–Crippen LogP) is 2.15. The van der Waals surface area contributed by atoms with Crippen LogP contribution in [0.5, 0.6) is 11.5 Å². The monoisotopic (exact) mass is 360 g/mol. The smallest absolute Gasteiger partial charge is 0.160 e. The van der Waals surface area contributed by atoms with Gasteiger partial charge >= 0.3 is 0 Å². The molecular weight excluding hydrogens is 336 g/mol. The molecule has 0 saturated carbocycles. The molecular formula is C20H24O6. The largest absolute Gasteiger partial charge is 0.512 e. The fourth-order valence-corrected chi connectivity index (χ4v) is 3.78. The van der Waals surface area contributed by atoms with Crippen molar-refractivity contribution in [2.24, 2.45) is 17.8 Å². The maximum Gasteiger partial charge on any atom is 0.160 e. The summed E-state index contributed by atoms with van der Waals surface area (Å²) in [4.78, 5) is 11.1. The van der Waals surface area contributed by atoms with Gasteiger partial charge in [0.05, 0.1) is 25.7 Å². The summed E-state index contributed by atoms with van der Waals surface area (Å²) in [6.45, 7) is 0.473. The van der Waals surface area contributed by atoms with Gasteiger partial charge in [0, 0.05) is 12.5 Å². The fraction of sp³-hybridized carbons (Fsp3) is 0.450. The van der Waals surface area contributed by atoms with E-state index in [4.69, 9.17) is 9.47 Å². The van der Waals surface area contributed by atoms with Crippen LogP contribution >= 0.6 is 0 Å². The van der Waals surface area contributed by atoms with E-state index in [9.17, 15) is 20.1 Å². The molecule has 3 N–H and O–H groups in total. The standard InChI is InChI=1S/C20H24O6/c1-25-19-7-12(2-4-18(19)24)6-15-11-26-20(16(15)10-22)13-3-5-17(23)14(8-13)9-21/h2-5,7,9,14-16,20,22-24H,6,8,10-11H2,1H3/t14?,15-,16-,20+/m0/s1. The van der Waals surface area contributed by atoms with Gasteiger partial charge < -0.3 is 29.6 Å². The lowest BCUT2D eigenvalue weighted by Crippen LogP contribution is -2.29. The first-order valence-electron chi connectivity index (χ1n) is 8.70. The number of rotatable bonds is 6. The summed E-state index contributed by atoms with van der Waals surface area (Å²) in [6, 6.07) is 5.23. The molecule has 1 fully saturated rings. The van der Waals surface area contributed by atoms with Crippen LogP contribution in [-0.2, 0) is 16.0 Å². The van der Waals surface area contributed by atoms with Crippen LogP contribution in [0.3, 0.4) is 0 Å². The summed E-state index contributed by atoms with van der Waals surface area (Å²) in [5, 5.41) is 29.4. The normalized spacial score (nSPS) is 28.4. The van der Waals surface area contributed by atoms with Crippen LogP contribution in [0.2, 0.25) is 0 Å². The van der Waals surface area contributed by atoms with Crippen LogP contribution in [0.15, 0.2) is 41.7 Å². The number of ether oxygens (including phenoxy) is 2. The second kappa shape index (κ2) is 7.93. The van der Waals surface area contributed by atoms with Crippen molar-refractivity contribution >= 4 is 6.29 Å². The molecule has 1 heterocycles. The van der Waals surface area contributed by atoms with Gasteiger partial charge in [-0.25, -0.2) is 0 Å². The lowest BCUT2D eigenvalue weighted by Gasteiger charge is -2.26. The van der Waals surface area contributed by atoms with Crippen molar-refractivity contribution in [1.82, 2.24) is 0 Å². The highest BCUT2D eigenvalue weighted by Gasteiger charge is 2.39. The number of aliphatic hydroxyl groups excluding tert-OH is 2. The first kappa shape index (κ1) is 18.5. The third-order valence-electron chi connectivity index (χ3n) is 5.27. The molecule has 0 aromatic heterocycles. The molecule has 1 aliphatic heterocycles. The molecule has 6 heteroatoms. The predicted molar refractivity (Wildman–Crippen MR) is 95.1 cm³/mol. The van der Waals surface area contributed by atoms with Crippen molar-refractivity contribution in [2.75, 3.05) is 20.3 Å². The number of phenols is 1. The highest BCUT2D eigenvalue weighted by molar-refractivity contribution is 5.60. The lowest BCUT2D eigenvalue weighted by molar-refractivity contribution is -0.110. The Morgan fingerprint density at radius 2 is 2.12 bits per heavy atom. The van der Waals surface area contributed by atoms with Crippen LogP contribution < -0.4 is 4.74 Å². The molecule has 0 radical (unpaired) electrons. The van der Waals surface area contributed by atoms with Crippen LogP contribution in [0.1, 0.15) is 12.0 Å². The number of carbonyl (C=O) groups excluding carboxylic acids is 1. The second-order valence-corrected chi connectivity index (χ2v) is 6.85. The number of benzene rings is 1. The summed E-state index contributed by atoms with van der Waals surface area (Å²) < 4.78 is 11.1. The number of aldehydes is 1. The quantitative estimate of drug-likeness (QED) is 0.673. The number of hydrogen-bond acceptors (Lipinski definition) is 6. The summed E-state index contributed by atoms with van der Waals surface area (Å²) >= 11 is 0. The maximum atomic E-state index is 11.1. The van der Waals surface area contributed by atoms with E-state index >= 15 is 0 Å². The number of allylic oxidation sites excluding steroid dienone is 3. The van der Waals surface area contributed by atoms with E-state index in [1.165, 1.54) is 13.2 Å². The van der Waals surface area contributed by atoms with Crippen LogP contribution in [0.25, 0.3) is 0 Å². The molecule has 1 aromatic rings. The van der Waals surface area contributed by atoms with Gasteiger partial charge in [-0.15, -0.1) is 0 Å². The molecule has 3 rings (SSSR count). The van der Waals surface area contributed by atoms with Gasteiger partial charge in [0.2, 0.25) is 0 Å². The van der Waals surface area contributed by atoms with Crippen molar-refractivity contribution in [2.45, 2.75) is 18.9 Å². The molecule has 0 spiro atoms. The Hall–Kier alpha value is -2.31. The van der Waals surface area contributed by atoms with E-state index in [0.29, 0.717) is 25.2 Å². The zero-order valence-electron chi connectivity index (χ0n) is 14.7. The highest BCUT2D eigenvalue weighted by atomic mass is 16.5. The van der Waals surface area contributed by atoms with Gasteiger partial charge in [-0.1, -0.05) is 12.1 Å². The van der Waals surface area contributed by atoms with E-state index in [0.717, 1.165) is 17.4 Å². The molecule has 26 heavy (non-hydrogen) atoms. The third kappa shape index (κ3) is 3.61. The Kier molecular flexibility index (Phi) is 5.64.